The Bertz CT molecular complexity index is 1180. The van der Waals surface area contributed by atoms with Crippen molar-refractivity contribution < 1.29 is 18.4 Å². The predicted octanol–water partition coefficient (Wildman–Crippen LogP) is 5.47. The number of amides is 1. The molecule has 1 N–H and O–H groups in total. The number of hydrogen-bond acceptors (Lipinski definition) is 5. The summed E-state index contributed by atoms with van der Waals surface area (Å²) in [5, 5.41) is 6.49. The van der Waals surface area contributed by atoms with Gasteiger partial charge >= 0.3 is 0 Å². The lowest BCUT2D eigenvalue weighted by molar-refractivity contribution is 0.102. The smallest absolute Gasteiger partial charge is 0.264 e. The van der Waals surface area contributed by atoms with Gasteiger partial charge in [-0.05, 0) is 30.3 Å². The van der Waals surface area contributed by atoms with Crippen molar-refractivity contribution in [2.24, 2.45) is 0 Å². The quantitative estimate of drug-likeness (QED) is 0.406. The highest BCUT2D eigenvalue weighted by molar-refractivity contribution is 9.10. The normalized spacial score (nSPS) is 10.6. The number of rotatable bonds is 6. The van der Waals surface area contributed by atoms with Crippen LogP contribution in [0.15, 0.2) is 81.8 Å². The van der Waals surface area contributed by atoms with Crippen molar-refractivity contribution in [1.82, 2.24) is 10.1 Å². The van der Waals surface area contributed by atoms with Crippen LogP contribution in [0.25, 0.3) is 11.4 Å². The summed E-state index contributed by atoms with van der Waals surface area (Å²) in [6.45, 7) is -0.0171. The number of halogens is 2. The van der Waals surface area contributed by atoms with E-state index < -0.39 is 11.7 Å². The maximum Gasteiger partial charge on any atom is 0.264 e. The van der Waals surface area contributed by atoms with Gasteiger partial charge in [-0.25, -0.2) is 4.39 Å². The van der Waals surface area contributed by atoms with Crippen molar-refractivity contribution in [2.45, 2.75) is 6.61 Å². The lowest BCUT2D eigenvalue weighted by Gasteiger charge is -2.11. The molecule has 0 saturated heterocycles. The Balaban J connectivity index is 1.47. The van der Waals surface area contributed by atoms with Gasteiger partial charge in [0.25, 0.3) is 11.8 Å². The summed E-state index contributed by atoms with van der Waals surface area (Å²) >= 11 is 3.19. The van der Waals surface area contributed by atoms with Gasteiger partial charge in [-0.2, -0.15) is 4.98 Å². The second-order valence-corrected chi connectivity index (χ2v) is 7.16. The first kappa shape index (κ1) is 19.8. The van der Waals surface area contributed by atoms with Gasteiger partial charge in [0.1, 0.15) is 11.6 Å². The van der Waals surface area contributed by atoms with Crippen LogP contribution >= 0.6 is 15.9 Å². The molecule has 4 aromatic rings. The molecule has 150 valence electrons. The van der Waals surface area contributed by atoms with E-state index in [0.717, 1.165) is 5.56 Å². The molecule has 1 amide bonds. The number of benzene rings is 3. The van der Waals surface area contributed by atoms with E-state index in [1.165, 1.54) is 12.1 Å². The Morgan fingerprint density at radius 1 is 1.07 bits per heavy atom. The summed E-state index contributed by atoms with van der Waals surface area (Å²) in [5.41, 5.74) is 1.15. The molecule has 0 radical (unpaired) electrons. The second-order valence-electron chi connectivity index (χ2n) is 6.24. The molecular weight excluding hydrogens is 453 g/mol. The summed E-state index contributed by atoms with van der Waals surface area (Å²) in [4.78, 5) is 17.0. The van der Waals surface area contributed by atoms with Gasteiger partial charge in [0.05, 0.1) is 11.3 Å². The Morgan fingerprint density at radius 2 is 1.83 bits per heavy atom. The summed E-state index contributed by atoms with van der Waals surface area (Å²) < 4.78 is 25.6. The van der Waals surface area contributed by atoms with E-state index >= 15 is 0 Å². The first-order valence-corrected chi connectivity index (χ1v) is 9.76. The third-order valence-corrected chi connectivity index (χ3v) is 4.66. The number of carbonyl (C=O) groups is 1. The molecule has 8 heteroatoms. The van der Waals surface area contributed by atoms with E-state index in [1.54, 1.807) is 30.3 Å². The minimum Gasteiger partial charge on any atom is -0.483 e. The third kappa shape index (κ3) is 4.55. The van der Waals surface area contributed by atoms with E-state index in [-0.39, 0.29) is 23.7 Å². The van der Waals surface area contributed by atoms with Gasteiger partial charge in [-0.15, -0.1) is 0 Å². The maximum absolute atomic E-state index is 14.0. The van der Waals surface area contributed by atoms with Crippen LogP contribution in [-0.2, 0) is 6.61 Å². The Kier molecular flexibility index (Phi) is 5.85. The number of nitrogens with one attached hydrogen (secondary N) is 1. The van der Waals surface area contributed by atoms with Gasteiger partial charge in [0.2, 0.25) is 5.82 Å². The number of hydrogen-bond donors (Lipinski definition) is 1. The molecule has 0 aliphatic rings. The maximum atomic E-state index is 14.0. The van der Waals surface area contributed by atoms with Crippen LogP contribution in [0.5, 0.6) is 5.75 Å². The van der Waals surface area contributed by atoms with Crippen LogP contribution in [0.4, 0.5) is 10.1 Å². The zero-order chi connectivity index (χ0) is 20.9. The monoisotopic (exact) mass is 467 g/mol. The number of aromatic nitrogens is 2. The largest absolute Gasteiger partial charge is 0.483 e. The third-order valence-electron chi connectivity index (χ3n) is 4.16. The molecule has 30 heavy (non-hydrogen) atoms. The van der Waals surface area contributed by atoms with Gasteiger partial charge in [-0.1, -0.05) is 63.6 Å². The van der Waals surface area contributed by atoms with Crippen LogP contribution in [-0.4, -0.2) is 16.0 Å². The SMILES string of the molecule is O=C(Nc1ccc(Br)cc1F)c1ccccc1OCc1nc(-c2ccccc2)no1. The van der Waals surface area contributed by atoms with Crippen LogP contribution in [0.2, 0.25) is 0 Å². The zero-order valence-corrected chi connectivity index (χ0v) is 17.1. The minimum absolute atomic E-state index is 0.0171. The van der Waals surface area contributed by atoms with Gasteiger partial charge in [0, 0.05) is 10.0 Å². The Hall–Kier alpha value is -3.52. The number of para-hydroxylation sites is 1. The van der Waals surface area contributed by atoms with Crippen molar-refractivity contribution in [2.75, 3.05) is 5.32 Å². The molecule has 0 spiro atoms. The highest BCUT2D eigenvalue weighted by atomic mass is 79.9. The average Bonchev–Trinajstić information content (AvgIpc) is 3.24. The van der Waals surface area contributed by atoms with Gasteiger partial charge < -0.3 is 14.6 Å². The highest BCUT2D eigenvalue weighted by Crippen LogP contribution is 2.24. The first-order valence-electron chi connectivity index (χ1n) is 8.96. The van der Waals surface area contributed by atoms with E-state index in [1.807, 2.05) is 30.3 Å². The van der Waals surface area contributed by atoms with Crippen LogP contribution in [0.3, 0.4) is 0 Å². The molecule has 0 fully saturated rings. The van der Waals surface area contributed by atoms with Crippen LogP contribution in [0, 0.1) is 5.82 Å². The fourth-order valence-electron chi connectivity index (χ4n) is 2.72. The molecule has 0 aliphatic heterocycles. The minimum atomic E-state index is -0.546. The van der Waals surface area contributed by atoms with Gasteiger partial charge in [0.15, 0.2) is 6.61 Å². The van der Waals surface area contributed by atoms with Crippen LogP contribution < -0.4 is 10.1 Å². The van der Waals surface area contributed by atoms with E-state index in [2.05, 4.69) is 31.4 Å². The number of anilines is 1. The molecule has 1 heterocycles. The predicted molar refractivity (Wildman–Crippen MR) is 113 cm³/mol. The molecule has 4 rings (SSSR count). The van der Waals surface area contributed by atoms with Crippen molar-refractivity contribution in [3.63, 3.8) is 0 Å². The summed E-state index contributed by atoms with van der Waals surface area (Å²) in [6, 6.07) is 20.4. The Labute approximate surface area is 179 Å². The topological polar surface area (TPSA) is 77.2 Å². The molecule has 0 saturated carbocycles. The Morgan fingerprint density at radius 3 is 2.63 bits per heavy atom. The molecule has 3 aromatic carbocycles. The summed E-state index contributed by atoms with van der Waals surface area (Å²) in [5.74, 6) is -0.0151. The molecule has 0 atom stereocenters. The fourth-order valence-corrected chi connectivity index (χ4v) is 3.05. The van der Waals surface area contributed by atoms with Crippen molar-refractivity contribution in [3.8, 4) is 17.1 Å². The van der Waals surface area contributed by atoms with Crippen molar-refractivity contribution in [3.05, 3.63) is 94.5 Å². The lowest BCUT2D eigenvalue weighted by atomic mass is 10.2. The van der Waals surface area contributed by atoms with E-state index in [0.29, 0.717) is 16.0 Å². The molecule has 0 bridgehead atoms. The summed E-state index contributed by atoms with van der Waals surface area (Å²) in [6.07, 6.45) is 0. The fraction of sp³-hybridized carbons (Fsp3) is 0.0455. The van der Waals surface area contributed by atoms with Crippen molar-refractivity contribution >= 4 is 27.5 Å². The zero-order valence-electron chi connectivity index (χ0n) is 15.5. The highest BCUT2D eigenvalue weighted by Gasteiger charge is 2.16. The van der Waals surface area contributed by atoms with E-state index in [9.17, 15) is 9.18 Å². The molecule has 1 aromatic heterocycles. The van der Waals surface area contributed by atoms with Crippen molar-refractivity contribution in [1.29, 1.82) is 0 Å². The van der Waals surface area contributed by atoms with Crippen LogP contribution in [0.1, 0.15) is 16.2 Å². The lowest BCUT2D eigenvalue weighted by Crippen LogP contribution is -2.14. The number of ether oxygens (including phenoxy) is 1. The molecular formula is C22H15BrFN3O3. The molecule has 0 aliphatic carbocycles. The first-order chi connectivity index (χ1) is 14.6. The van der Waals surface area contributed by atoms with E-state index in [4.69, 9.17) is 9.26 Å². The van der Waals surface area contributed by atoms with Gasteiger partial charge in [-0.3, -0.25) is 4.79 Å². The number of nitrogens with zero attached hydrogens (tertiary/aromatic N) is 2. The molecule has 0 unspecified atom stereocenters. The second kappa shape index (κ2) is 8.87. The number of carbonyl (C=O) groups excluding carboxylic acids is 1. The standard InChI is InChI=1S/C22H15BrFN3O3/c23-15-10-11-18(17(24)12-15)25-22(28)16-8-4-5-9-19(16)29-13-20-26-21(27-30-20)14-6-2-1-3-7-14/h1-12H,13H2,(H,25,28). The average molecular weight is 468 g/mol. The summed E-state index contributed by atoms with van der Waals surface area (Å²) in [7, 11) is 0. The molecule has 6 nitrogen and oxygen atoms in total.